The zero-order chi connectivity index (χ0) is 11.6. The van der Waals surface area contributed by atoms with Crippen LogP contribution in [0.5, 0.6) is 0 Å². The van der Waals surface area contributed by atoms with Gasteiger partial charge in [-0.2, -0.15) is 0 Å². The van der Waals surface area contributed by atoms with E-state index in [0.717, 1.165) is 18.5 Å². The molecule has 16 heavy (non-hydrogen) atoms. The molecule has 0 bridgehead atoms. The van der Waals surface area contributed by atoms with Gasteiger partial charge in [-0.1, -0.05) is 33.1 Å². The third-order valence-corrected chi connectivity index (χ3v) is 4.32. The first-order chi connectivity index (χ1) is 7.68. The Kier molecular flexibility index (Phi) is 3.91. The summed E-state index contributed by atoms with van der Waals surface area (Å²) in [5.74, 6) is 0.769. The lowest BCUT2D eigenvalue weighted by molar-refractivity contribution is 0.0389. The molecular formula is C14H28N2. The Morgan fingerprint density at radius 3 is 2.25 bits per heavy atom. The van der Waals surface area contributed by atoms with Crippen molar-refractivity contribution < 1.29 is 0 Å². The largest absolute Gasteiger partial charge is 0.329 e. The molecule has 2 saturated carbocycles. The summed E-state index contributed by atoms with van der Waals surface area (Å²) in [7, 11) is 0. The highest BCUT2D eigenvalue weighted by Crippen LogP contribution is 2.40. The number of nitrogens with two attached hydrogens (primary N) is 1. The van der Waals surface area contributed by atoms with Gasteiger partial charge in [0.25, 0.3) is 0 Å². The fourth-order valence-electron chi connectivity index (χ4n) is 3.33. The fourth-order valence-corrected chi connectivity index (χ4v) is 3.33. The fraction of sp³-hybridized carbons (Fsp3) is 1.00. The van der Waals surface area contributed by atoms with Crippen LogP contribution in [0.2, 0.25) is 0 Å². The molecule has 94 valence electrons. The lowest BCUT2D eigenvalue weighted by Crippen LogP contribution is -2.56. The van der Waals surface area contributed by atoms with Crippen LogP contribution in [-0.4, -0.2) is 29.6 Å². The predicted octanol–water partition coefficient (Wildman–Crippen LogP) is 2.77. The lowest BCUT2D eigenvalue weighted by atomic mass is 9.79. The molecule has 0 amide bonds. The third kappa shape index (κ3) is 2.60. The molecule has 0 unspecified atom stereocenters. The highest BCUT2D eigenvalue weighted by atomic mass is 15.3. The number of hydrogen-bond donors (Lipinski definition) is 1. The minimum atomic E-state index is 0.365. The second-order valence-electron chi connectivity index (χ2n) is 6.27. The molecule has 0 atom stereocenters. The number of nitrogens with zero attached hydrogens (tertiary/aromatic N) is 1. The van der Waals surface area contributed by atoms with Gasteiger partial charge in [0.2, 0.25) is 0 Å². The van der Waals surface area contributed by atoms with Gasteiger partial charge < -0.3 is 5.73 Å². The van der Waals surface area contributed by atoms with Gasteiger partial charge in [0.05, 0.1) is 0 Å². The van der Waals surface area contributed by atoms with E-state index in [1.807, 2.05) is 0 Å². The van der Waals surface area contributed by atoms with Crippen LogP contribution in [0.3, 0.4) is 0 Å². The lowest BCUT2D eigenvalue weighted by Gasteiger charge is -2.47. The Balaban J connectivity index is 2.07. The zero-order valence-electron chi connectivity index (χ0n) is 11.0. The average Bonchev–Trinajstić information content (AvgIpc) is 3.10. The second kappa shape index (κ2) is 5.05. The molecule has 2 rings (SSSR count). The van der Waals surface area contributed by atoms with Crippen LogP contribution in [0.1, 0.15) is 58.8 Å². The molecule has 0 spiro atoms. The van der Waals surface area contributed by atoms with Crippen molar-refractivity contribution in [3.05, 3.63) is 0 Å². The molecule has 2 aliphatic rings. The molecule has 2 nitrogen and oxygen atoms in total. The van der Waals surface area contributed by atoms with E-state index in [1.54, 1.807) is 0 Å². The molecule has 2 N–H and O–H groups in total. The van der Waals surface area contributed by atoms with Crippen LogP contribution in [-0.2, 0) is 0 Å². The Labute approximate surface area is 101 Å². The molecule has 2 heteroatoms. The van der Waals surface area contributed by atoms with Crippen LogP contribution in [0, 0.1) is 5.92 Å². The molecule has 2 aliphatic carbocycles. The van der Waals surface area contributed by atoms with Gasteiger partial charge in [0, 0.05) is 24.7 Å². The molecule has 0 saturated heterocycles. The van der Waals surface area contributed by atoms with E-state index >= 15 is 0 Å². The smallest absolute Gasteiger partial charge is 0.0334 e. The molecule has 0 aromatic carbocycles. The van der Waals surface area contributed by atoms with Crippen molar-refractivity contribution in [2.75, 3.05) is 13.1 Å². The van der Waals surface area contributed by atoms with E-state index in [-0.39, 0.29) is 0 Å². The first-order valence-corrected chi connectivity index (χ1v) is 7.15. The van der Waals surface area contributed by atoms with Crippen LogP contribution in [0.4, 0.5) is 0 Å². The Morgan fingerprint density at radius 2 is 1.81 bits per heavy atom. The third-order valence-electron chi connectivity index (χ3n) is 4.32. The van der Waals surface area contributed by atoms with Crippen LogP contribution in [0.25, 0.3) is 0 Å². The van der Waals surface area contributed by atoms with Gasteiger partial charge in [-0.15, -0.1) is 0 Å². The number of rotatable bonds is 5. The van der Waals surface area contributed by atoms with Crippen molar-refractivity contribution in [1.82, 2.24) is 4.90 Å². The van der Waals surface area contributed by atoms with Gasteiger partial charge in [0.15, 0.2) is 0 Å². The summed E-state index contributed by atoms with van der Waals surface area (Å²) >= 11 is 0. The molecule has 0 aromatic rings. The summed E-state index contributed by atoms with van der Waals surface area (Å²) in [5, 5.41) is 0. The quantitative estimate of drug-likeness (QED) is 0.778. The maximum Gasteiger partial charge on any atom is 0.0334 e. The van der Waals surface area contributed by atoms with E-state index < -0.39 is 0 Å². The number of hydrogen-bond acceptors (Lipinski definition) is 2. The standard InChI is InChI=1S/C14H28N2/c1-12(2)10-16(13-6-7-13)14(11-15)8-4-3-5-9-14/h12-13H,3-11,15H2,1-2H3. The molecule has 0 aliphatic heterocycles. The van der Waals surface area contributed by atoms with Crippen molar-refractivity contribution in [2.45, 2.75) is 70.4 Å². The van der Waals surface area contributed by atoms with Gasteiger partial charge in [-0.05, 0) is 31.6 Å². The summed E-state index contributed by atoms with van der Waals surface area (Å²) in [6.45, 7) is 6.79. The van der Waals surface area contributed by atoms with Gasteiger partial charge >= 0.3 is 0 Å². The van der Waals surface area contributed by atoms with Crippen molar-refractivity contribution in [2.24, 2.45) is 11.7 Å². The highest BCUT2D eigenvalue weighted by Gasteiger charge is 2.43. The van der Waals surface area contributed by atoms with Crippen LogP contribution < -0.4 is 5.73 Å². The topological polar surface area (TPSA) is 29.3 Å². The SMILES string of the molecule is CC(C)CN(C1CC1)C1(CN)CCCCC1. The molecular weight excluding hydrogens is 196 g/mol. The molecule has 0 aromatic heterocycles. The van der Waals surface area contributed by atoms with Crippen LogP contribution in [0.15, 0.2) is 0 Å². The summed E-state index contributed by atoms with van der Waals surface area (Å²) in [6.07, 6.45) is 9.70. The van der Waals surface area contributed by atoms with E-state index in [9.17, 15) is 0 Å². The Morgan fingerprint density at radius 1 is 1.19 bits per heavy atom. The first kappa shape index (κ1) is 12.4. The monoisotopic (exact) mass is 224 g/mol. The Hall–Kier alpha value is -0.0800. The van der Waals surface area contributed by atoms with Crippen molar-refractivity contribution >= 4 is 0 Å². The first-order valence-electron chi connectivity index (χ1n) is 7.15. The van der Waals surface area contributed by atoms with Crippen molar-refractivity contribution in [3.63, 3.8) is 0 Å². The van der Waals surface area contributed by atoms with Gasteiger partial charge in [0.1, 0.15) is 0 Å². The van der Waals surface area contributed by atoms with Crippen molar-refractivity contribution in [3.8, 4) is 0 Å². The molecule has 2 fully saturated rings. The van der Waals surface area contributed by atoms with E-state index in [0.29, 0.717) is 5.54 Å². The minimum Gasteiger partial charge on any atom is -0.329 e. The van der Waals surface area contributed by atoms with E-state index in [2.05, 4.69) is 18.7 Å². The van der Waals surface area contributed by atoms with E-state index in [1.165, 1.54) is 51.5 Å². The van der Waals surface area contributed by atoms with Gasteiger partial charge in [-0.25, -0.2) is 0 Å². The highest BCUT2D eigenvalue weighted by molar-refractivity contribution is 5.00. The maximum atomic E-state index is 6.14. The summed E-state index contributed by atoms with van der Waals surface area (Å²) < 4.78 is 0. The van der Waals surface area contributed by atoms with E-state index in [4.69, 9.17) is 5.73 Å². The summed E-state index contributed by atoms with van der Waals surface area (Å²) in [5.41, 5.74) is 6.50. The van der Waals surface area contributed by atoms with Crippen LogP contribution >= 0.6 is 0 Å². The van der Waals surface area contributed by atoms with Gasteiger partial charge in [-0.3, -0.25) is 4.90 Å². The molecule has 0 radical (unpaired) electrons. The molecule has 0 heterocycles. The zero-order valence-corrected chi connectivity index (χ0v) is 11.0. The second-order valence-corrected chi connectivity index (χ2v) is 6.27. The maximum absolute atomic E-state index is 6.14. The van der Waals surface area contributed by atoms with Crippen molar-refractivity contribution in [1.29, 1.82) is 0 Å². The Bertz CT molecular complexity index is 215. The average molecular weight is 224 g/mol. The summed E-state index contributed by atoms with van der Waals surface area (Å²) in [4.78, 5) is 2.79. The summed E-state index contributed by atoms with van der Waals surface area (Å²) in [6, 6.07) is 0.865. The predicted molar refractivity (Wildman–Crippen MR) is 69.4 cm³/mol. The minimum absolute atomic E-state index is 0.365. The normalized spacial score (nSPS) is 25.3.